The standard InChI is InChI=1S/C18H12Cl2N2O3/c19-15-6-2-5-14(17(15)20)16-8-7-13(25-16)10-21-22-18(24)11-3-1-4-12(23)9-11/h1-10,23H,(H,22,24)/b21-10-. The molecule has 0 fully saturated rings. The second-order valence-electron chi connectivity index (χ2n) is 5.05. The summed E-state index contributed by atoms with van der Waals surface area (Å²) in [7, 11) is 0. The quantitative estimate of drug-likeness (QED) is 0.512. The topological polar surface area (TPSA) is 74.8 Å². The zero-order valence-electron chi connectivity index (χ0n) is 12.7. The van der Waals surface area contributed by atoms with Crippen LogP contribution in [0.25, 0.3) is 11.3 Å². The van der Waals surface area contributed by atoms with E-state index in [9.17, 15) is 9.90 Å². The first-order valence-electron chi connectivity index (χ1n) is 7.21. The molecule has 0 bridgehead atoms. The van der Waals surface area contributed by atoms with Crippen LogP contribution in [-0.4, -0.2) is 17.2 Å². The molecule has 0 aliphatic rings. The molecule has 0 spiro atoms. The fraction of sp³-hybridized carbons (Fsp3) is 0. The molecule has 1 aromatic heterocycles. The number of halogens is 2. The molecule has 5 nitrogen and oxygen atoms in total. The van der Waals surface area contributed by atoms with Crippen LogP contribution in [0.1, 0.15) is 16.1 Å². The zero-order valence-corrected chi connectivity index (χ0v) is 14.3. The Bertz CT molecular complexity index is 951. The lowest BCUT2D eigenvalue weighted by atomic mass is 10.2. The van der Waals surface area contributed by atoms with E-state index in [1.54, 1.807) is 42.5 Å². The van der Waals surface area contributed by atoms with Crippen LogP contribution in [0.3, 0.4) is 0 Å². The number of carbonyl (C=O) groups is 1. The van der Waals surface area contributed by atoms with Crippen molar-refractivity contribution in [3.63, 3.8) is 0 Å². The third-order valence-corrected chi connectivity index (χ3v) is 4.13. The van der Waals surface area contributed by atoms with Crippen molar-refractivity contribution in [1.82, 2.24) is 5.43 Å². The number of furan rings is 1. The van der Waals surface area contributed by atoms with Crippen LogP contribution in [0.2, 0.25) is 10.0 Å². The van der Waals surface area contributed by atoms with Crippen LogP contribution < -0.4 is 5.43 Å². The summed E-state index contributed by atoms with van der Waals surface area (Å²) >= 11 is 12.2. The van der Waals surface area contributed by atoms with Gasteiger partial charge in [0.05, 0.1) is 16.3 Å². The normalized spacial score (nSPS) is 11.0. The van der Waals surface area contributed by atoms with Gasteiger partial charge in [0.15, 0.2) is 0 Å². The minimum Gasteiger partial charge on any atom is -0.508 e. The van der Waals surface area contributed by atoms with Gasteiger partial charge in [-0.25, -0.2) is 5.43 Å². The predicted octanol–water partition coefficient (Wildman–Crippen LogP) is 4.72. The number of phenols is 1. The molecule has 7 heteroatoms. The van der Waals surface area contributed by atoms with Crippen molar-refractivity contribution < 1.29 is 14.3 Å². The van der Waals surface area contributed by atoms with Crippen molar-refractivity contribution in [1.29, 1.82) is 0 Å². The first-order valence-corrected chi connectivity index (χ1v) is 7.97. The molecule has 3 aromatic rings. The summed E-state index contributed by atoms with van der Waals surface area (Å²) in [6.07, 6.45) is 1.36. The number of benzene rings is 2. The average molecular weight is 375 g/mol. The van der Waals surface area contributed by atoms with Gasteiger partial charge in [-0.05, 0) is 42.5 Å². The lowest BCUT2D eigenvalue weighted by molar-refractivity contribution is 0.0954. The van der Waals surface area contributed by atoms with Gasteiger partial charge in [0.25, 0.3) is 5.91 Å². The van der Waals surface area contributed by atoms with Gasteiger partial charge in [-0.2, -0.15) is 5.10 Å². The fourth-order valence-corrected chi connectivity index (χ4v) is 2.52. The highest BCUT2D eigenvalue weighted by Gasteiger charge is 2.10. The van der Waals surface area contributed by atoms with Crippen molar-refractivity contribution in [3.05, 3.63) is 76.0 Å². The SMILES string of the molecule is O=C(N/N=C\c1ccc(-c2cccc(Cl)c2Cl)o1)c1cccc(O)c1. The maximum atomic E-state index is 11.9. The zero-order chi connectivity index (χ0) is 17.8. The monoisotopic (exact) mass is 374 g/mol. The van der Waals surface area contributed by atoms with Crippen molar-refractivity contribution in [2.24, 2.45) is 5.10 Å². The molecule has 0 aliphatic carbocycles. The predicted molar refractivity (Wildman–Crippen MR) is 97.3 cm³/mol. The summed E-state index contributed by atoms with van der Waals surface area (Å²) in [6.45, 7) is 0. The number of nitrogens with zero attached hydrogens (tertiary/aromatic N) is 1. The molecular weight excluding hydrogens is 363 g/mol. The second kappa shape index (κ2) is 7.42. The van der Waals surface area contributed by atoms with Crippen LogP contribution in [0.15, 0.2) is 64.1 Å². The number of phenolic OH excluding ortho intramolecular Hbond substituents is 1. The minimum absolute atomic E-state index is 0.00528. The second-order valence-corrected chi connectivity index (χ2v) is 5.84. The van der Waals surface area contributed by atoms with E-state index in [1.807, 2.05) is 0 Å². The summed E-state index contributed by atoms with van der Waals surface area (Å²) in [5.41, 5.74) is 3.32. The van der Waals surface area contributed by atoms with E-state index in [0.29, 0.717) is 32.7 Å². The summed E-state index contributed by atoms with van der Waals surface area (Å²) in [4.78, 5) is 11.9. The summed E-state index contributed by atoms with van der Waals surface area (Å²) < 4.78 is 5.63. The lowest BCUT2D eigenvalue weighted by Crippen LogP contribution is -2.17. The van der Waals surface area contributed by atoms with Crippen molar-refractivity contribution >= 4 is 35.3 Å². The summed E-state index contributed by atoms with van der Waals surface area (Å²) in [6, 6.07) is 14.6. The maximum Gasteiger partial charge on any atom is 0.271 e. The number of hydrazone groups is 1. The van der Waals surface area contributed by atoms with Crippen LogP contribution in [-0.2, 0) is 0 Å². The van der Waals surface area contributed by atoms with Gasteiger partial charge in [0.1, 0.15) is 17.3 Å². The van der Waals surface area contributed by atoms with Gasteiger partial charge in [0, 0.05) is 11.1 Å². The molecule has 0 aliphatic heterocycles. The van der Waals surface area contributed by atoms with E-state index in [2.05, 4.69) is 10.5 Å². The average Bonchev–Trinajstić information content (AvgIpc) is 3.06. The Morgan fingerprint density at radius 3 is 2.72 bits per heavy atom. The van der Waals surface area contributed by atoms with E-state index >= 15 is 0 Å². The first kappa shape index (κ1) is 17.1. The van der Waals surface area contributed by atoms with Crippen LogP contribution in [0.4, 0.5) is 0 Å². The largest absolute Gasteiger partial charge is 0.508 e. The molecule has 0 saturated carbocycles. The molecule has 0 unspecified atom stereocenters. The third-order valence-electron chi connectivity index (χ3n) is 3.31. The number of carbonyl (C=O) groups excluding carboxylic acids is 1. The van der Waals surface area contributed by atoms with E-state index in [-0.39, 0.29) is 5.75 Å². The molecule has 0 atom stereocenters. The number of hydrogen-bond donors (Lipinski definition) is 2. The molecular formula is C18H12Cl2N2O3. The number of amides is 1. The highest BCUT2D eigenvalue weighted by molar-refractivity contribution is 6.43. The Hall–Kier alpha value is -2.76. The Kier molecular flexibility index (Phi) is 5.07. The molecule has 1 amide bonds. The molecule has 0 radical (unpaired) electrons. The lowest BCUT2D eigenvalue weighted by Gasteiger charge is -2.02. The highest BCUT2D eigenvalue weighted by Crippen LogP contribution is 2.34. The van der Waals surface area contributed by atoms with Crippen molar-refractivity contribution in [2.45, 2.75) is 0 Å². The van der Waals surface area contributed by atoms with Gasteiger partial charge in [-0.1, -0.05) is 35.3 Å². The van der Waals surface area contributed by atoms with E-state index in [1.165, 1.54) is 18.3 Å². The Morgan fingerprint density at radius 2 is 1.92 bits per heavy atom. The highest BCUT2D eigenvalue weighted by atomic mass is 35.5. The summed E-state index contributed by atoms with van der Waals surface area (Å²) in [5.74, 6) is 0.526. The van der Waals surface area contributed by atoms with Gasteiger partial charge in [-0.15, -0.1) is 0 Å². The molecule has 1 heterocycles. The van der Waals surface area contributed by atoms with E-state index in [0.717, 1.165) is 0 Å². The molecule has 3 rings (SSSR count). The Balaban J connectivity index is 1.70. The Morgan fingerprint density at radius 1 is 1.12 bits per heavy atom. The molecule has 2 N–H and O–H groups in total. The molecule has 25 heavy (non-hydrogen) atoms. The van der Waals surface area contributed by atoms with Gasteiger partial charge in [0.2, 0.25) is 0 Å². The number of hydrogen-bond acceptors (Lipinski definition) is 4. The van der Waals surface area contributed by atoms with Crippen LogP contribution >= 0.6 is 23.2 Å². The van der Waals surface area contributed by atoms with Gasteiger partial charge in [-0.3, -0.25) is 4.79 Å². The molecule has 2 aromatic carbocycles. The maximum absolute atomic E-state index is 11.9. The summed E-state index contributed by atoms with van der Waals surface area (Å²) in [5, 5.41) is 14.0. The van der Waals surface area contributed by atoms with E-state index < -0.39 is 5.91 Å². The van der Waals surface area contributed by atoms with Crippen molar-refractivity contribution in [3.8, 4) is 17.1 Å². The van der Waals surface area contributed by atoms with Crippen LogP contribution in [0, 0.1) is 0 Å². The first-order chi connectivity index (χ1) is 12.0. The minimum atomic E-state index is -0.447. The smallest absolute Gasteiger partial charge is 0.271 e. The molecule has 126 valence electrons. The van der Waals surface area contributed by atoms with E-state index in [4.69, 9.17) is 27.6 Å². The number of nitrogens with one attached hydrogen (secondary N) is 1. The third kappa shape index (κ3) is 4.02. The van der Waals surface area contributed by atoms with Gasteiger partial charge < -0.3 is 9.52 Å². The van der Waals surface area contributed by atoms with Gasteiger partial charge >= 0.3 is 0 Å². The van der Waals surface area contributed by atoms with Crippen molar-refractivity contribution in [2.75, 3.05) is 0 Å². The van der Waals surface area contributed by atoms with Crippen LogP contribution in [0.5, 0.6) is 5.75 Å². The molecule has 0 saturated heterocycles. The number of aromatic hydroxyl groups is 1. The number of rotatable bonds is 4. The Labute approximate surface area is 153 Å². The fourth-order valence-electron chi connectivity index (χ4n) is 2.13.